The molecule has 94 valence electrons. The summed E-state index contributed by atoms with van der Waals surface area (Å²) in [6.45, 7) is 1.91. The zero-order valence-corrected chi connectivity index (χ0v) is 10.9. The molecule has 2 heterocycles. The molecule has 1 saturated carbocycles. The van der Waals surface area contributed by atoms with Crippen LogP contribution in [0.15, 0.2) is 24.4 Å². The van der Waals surface area contributed by atoms with E-state index in [1.54, 1.807) is 0 Å². The topological polar surface area (TPSA) is 41.7 Å². The predicted molar refractivity (Wildman–Crippen MR) is 70.3 cm³/mol. The lowest BCUT2D eigenvalue weighted by atomic mass is 9.66. The minimum absolute atomic E-state index is 0.665. The van der Waals surface area contributed by atoms with E-state index < -0.39 is 11.4 Å². The number of aromatic nitrogens is 1. The number of halogens is 1. The fourth-order valence-corrected chi connectivity index (χ4v) is 3.21. The molecule has 1 fully saturated rings. The second-order valence-corrected chi connectivity index (χ2v) is 5.36. The molecule has 1 N–H and O–H groups in total. The number of pyridine rings is 1. The van der Waals surface area contributed by atoms with Gasteiger partial charge in [0.15, 0.2) is 0 Å². The van der Waals surface area contributed by atoms with Crippen LogP contribution in [0.25, 0.3) is 5.52 Å². The van der Waals surface area contributed by atoms with E-state index in [2.05, 4.69) is 0 Å². The van der Waals surface area contributed by atoms with Crippen LogP contribution in [-0.4, -0.2) is 15.5 Å². The Morgan fingerprint density at radius 2 is 2.17 bits per heavy atom. The Morgan fingerprint density at radius 1 is 1.44 bits per heavy atom. The number of hydrogen-bond acceptors (Lipinski definition) is 1. The lowest BCUT2D eigenvalue weighted by Crippen LogP contribution is -2.43. The summed E-state index contributed by atoms with van der Waals surface area (Å²) in [6.07, 6.45) is 4.25. The van der Waals surface area contributed by atoms with E-state index in [0.717, 1.165) is 23.2 Å². The lowest BCUT2D eigenvalue weighted by molar-refractivity contribution is -0.147. The van der Waals surface area contributed by atoms with E-state index in [1.807, 2.05) is 35.7 Å². The van der Waals surface area contributed by atoms with Crippen molar-refractivity contribution in [1.29, 1.82) is 0 Å². The van der Waals surface area contributed by atoms with Crippen LogP contribution >= 0.6 is 11.6 Å². The van der Waals surface area contributed by atoms with E-state index in [-0.39, 0.29) is 0 Å². The van der Waals surface area contributed by atoms with Gasteiger partial charge in [0.2, 0.25) is 0 Å². The first-order chi connectivity index (χ1) is 8.58. The number of carbonyl (C=O) groups is 1. The van der Waals surface area contributed by atoms with Gasteiger partial charge in [-0.05, 0) is 37.5 Å². The first-order valence-electron chi connectivity index (χ1n) is 6.07. The Balaban J connectivity index is 2.35. The van der Waals surface area contributed by atoms with Crippen LogP contribution in [0.5, 0.6) is 0 Å². The first kappa shape index (κ1) is 11.6. The number of carboxylic acid groups (broad SMARTS) is 1. The van der Waals surface area contributed by atoms with Gasteiger partial charge in [-0.2, -0.15) is 0 Å². The zero-order valence-electron chi connectivity index (χ0n) is 10.1. The van der Waals surface area contributed by atoms with Gasteiger partial charge < -0.3 is 9.51 Å². The van der Waals surface area contributed by atoms with E-state index in [0.29, 0.717) is 17.9 Å². The van der Waals surface area contributed by atoms with Crippen molar-refractivity contribution in [2.75, 3.05) is 0 Å². The van der Waals surface area contributed by atoms with Crippen LogP contribution in [0.2, 0.25) is 5.02 Å². The quantitative estimate of drug-likeness (QED) is 0.902. The van der Waals surface area contributed by atoms with E-state index in [4.69, 9.17) is 11.6 Å². The monoisotopic (exact) mass is 263 g/mol. The minimum atomic E-state index is -0.749. The van der Waals surface area contributed by atoms with Gasteiger partial charge in [-0.15, -0.1) is 0 Å². The minimum Gasteiger partial charge on any atom is -0.481 e. The van der Waals surface area contributed by atoms with Gasteiger partial charge in [-0.1, -0.05) is 24.1 Å². The third-order valence-corrected chi connectivity index (χ3v) is 4.56. The van der Waals surface area contributed by atoms with Crippen molar-refractivity contribution in [3.05, 3.63) is 40.7 Å². The van der Waals surface area contributed by atoms with Crippen LogP contribution < -0.4 is 0 Å². The maximum atomic E-state index is 11.7. The Bertz CT molecular complexity index is 641. The Labute approximate surface area is 110 Å². The number of nitrogens with zero attached hydrogens (tertiary/aromatic N) is 1. The highest BCUT2D eigenvalue weighted by atomic mass is 35.5. The molecule has 0 bridgehead atoms. The highest BCUT2D eigenvalue weighted by molar-refractivity contribution is 6.35. The molecule has 0 amide bonds. The molecule has 1 aliphatic carbocycles. The van der Waals surface area contributed by atoms with Gasteiger partial charge in [-0.25, -0.2) is 0 Å². The molecule has 3 nitrogen and oxygen atoms in total. The van der Waals surface area contributed by atoms with E-state index in [9.17, 15) is 9.90 Å². The van der Waals surface area contributed by atoms with Crippen LogP contribution in [0.1, 0.15) is 30.5 Å². The second-order valence-electron chi connectivity index (χ2n) is 4.98. The van der Waals surface area contributed by atoms with Crippen molar-refractivity contribution in [2.45, 2.75) is 31.6 Å². The summed E-state index contributed by atoms with van der Waals surface area (Å²) >= 11 is 6.32. The largest absolute Gasteiger partial charge is 0.481 e. The van der Waals surface area contributed by atoms with Crippen LogP contribution in [0.3, 0.4) is 0 Å². The second kappa shape index (κ2) is 3.75. The fourth-order valence-electron chi connectivity index (χ4n) is 2.97. The highest BCUT2D eigenvalue weighted by Crippen LogP contribution is 2.47. The van der Waals surface area contributed by atoms with Crippen molar-refractivity contribution in [3.63, 3.8) is 0 Å². The third kappa shape index (κ3) is 1.28. The SMILES string of the molecule is Cc1c(Cl)c2ccccn2c1C1(C(=O)O)CCC1. The average Bonchev–Trinajstić information content (AvgIpc) is 2.54. The summed E-state index contributed by atoms with van der Waals surface area (Å²) < 4.78 is 1.94. The molecule has 0 unspecified atom stereocenters. The third-order valence-electron chi connectivity index (χ3n) is 4.08. The van der Waals surface area contributed by atoms with Crippen LogP contribution in [0, 0.1) is 6.92 Å². The number of rotatable bonds is 2. The molecule has 1 aliphatic rings. The van der Waals surface area contributed by atoms with Gasteiger partial charge in [0, 0.05) is 11.9 Å². The molecule has 0 aromatic carbocycles. The standard InChI is InChI=1S/C14H14ClNO2/c1-9-11(15)10-5-2-3-8-16(10)12(9)14(13(17)18)6-4-7-14/h2-3,5,8H,4,6-7H2,1H3,(H,17,18). The average molecular weight is 264 g/mol. The molecule has 4 heteroatoms. The van der Waals surface area contributed by atoms with Crippen molar-refractivity contribution in [2.24, 2.45) is 0 Å². The molecular formula is C14H14ClNO2. The fraction of sp³-hybridized carbons (Fsp3) is 0.357. The van der Waals surface area contributed by atoms with Gasteiger partial charge >= 0.3 is 5.97 Å². The van der Waals surface area contributed by atoms with Crippen LogP contribution in [-0.2, 0) is 10.2 Å². The van der Waals surface area contributed by atoms with Gasteiger partial charge in [0.1, 0.15) is 5.41 Å². The van der Waals surface area contributed by atoms with Crippen LogP contribution in [0.4, 0.5) is 0 Å². The van der Waals surface area contributed by atoms with Crippen molar-refractivity contribution < 1.29 is 9.90 Å². The summed E-state index contributed by atoms with van der Waals surface area (Å²) in [5, 5.41) is 10.2. The maximum absolute atomic E-state index is 11.7. The van der Waals surface area contributed by atoms with Crippen molar-refractivity contribution in [3.8, 4) is 0 Å². The van der Waals surface area contributed by atoms with Gasteiger partial charge in [0.25, 0.3) is 0 Å². The molecule has 2 aromatic rings. The Morgan fingerprint density at radius 3 is 2.72 bits per heavy atom. The normalized spacial score (nSPS) is 17.7. The van der Waals surface area contributed by atoms with E-state index in [1.165, 1.54) is 0 Å². The first-order valence-corrected chi connectivity index (χ1v) is 6.45. The predicted octanol–water partition coefficient (Wildman–Crippen LogP) is 3.41. The molecule has 0 saturated heterocycles. The van der Waals surface area contributed by atoms with Gasteiger partial charge in [0.05, 0.1) is 10.5 Å². The maximum Gasteiger partial charge on any atom is 0.315 e. The lowest BCUT2D eigenvalue weighted by Gasteiger charge is -2.38. The summed E-state index contributed by atoms with van der Waals surface area (Å²) in [5.41, 5.74) is 1.88. The summed E-state index contributed by atoms with van der Waals surface area (Å²) in [7, 11) is 0. The van der Waals surface area contributed by atoms with Crippen molar-refractivity contribution in [1.82, 2.24) is 4.40 Å². The highest BCUT2D eigenvalue weighted by Gasteiger charge is 2.49. The van der Waals surface area contributed by atoms with Crippen molar-refractivity contribution >= 4 is 23.1 Å². The molecule has 3 rings (SSSR count). The molecule has 0 spiro atoms. The smallest absolute Gasteiger partial charge is 0.315 e. The molecule has 0 radical (unpaired) electrons. The number of hydrogen-bond donors (Lipinski definition) is 1. The van der Waals surface area contributed by atoms with Gasteiger partial charge in [-0.3, -0.25) is 4.79 Å². The number of carboxylic acids is 1. The number of fused-ring (bicyclic) bond motifs is 1. The zero-order chi connectivity index (χ0) is 12.9. The Kier molecular flexibility index (Phi) is 2.42. The summed E-state index contributed by atoms with van der Waals surface area (Å²) in [4.78, 5) is 11.7. The molecule has 0 aliphatic heterocycles. The summed E-state index contributed by atoms with van der Waals surface area (Å²) in [5.74, 6) is -0.739. The molecular weight excluding hydrogens is 250 g/mol. The molecule has 0 atom stereocenters. The summed E-state index contributed by atoms with van der Waals surface area (Å²) in [6, 6.07) is 5.74. The van der Waals surface area contributed by atoms with E-state index >= 15 is 0 Å². The Hall–Kier alpha value is -1.48. The number of aliphatic carboxylic acids is 1. The molecule has 2 aromatic heterocycles. The molecule has 18 heavy (non-hydrogen) atoms.